The number of nitrogens with zero attached hydrogens (tertiary/aromatic N) is 1. The molecular weight excluding hydrogens is 419 g/mol. The molecule has 6 nitrogen and oxygen atoms in total. The monoisotopic (exact) mass is 444 g/mol. The van der Waals surface area contributed by atoms with Gasteiger partial charge in [0.25, 0.3) is 0 Å². The van der Waals surface area contributed by atoms with Gasteiger partial charge in [-0.05, 0) is 36.6 Å². The summed E-state index contributed by atoms with van der Waals surface area (Å²) < 4.78 is 38.9. The van der Waals surface area contributed by atoms with Crippen LogP contribution in [0.1, 0.15) is 33.3 Å². The number of hydrogen-bond donors (Lipinski definition) is 2. The van der Waals surface area contributed by atoms with E-state index in [1.54, 1.807) is 37.3 Å². The van der Waals surface area contributed by atoms with Crippen molar-refractivity contribution in [2.24, 2.45) is 5.41 Å². The van der Waals surface area contributed by atoms with Gasteiger partial charge < -0.3 is 10.4 Å². The van der Waals surface area contributed by atoms with Gasteiger partial charge in [-0.3, -0.25) is 0 Å². The maximum absolute atomic E-state index is 13.9. The zero-order valence-corrected chi connectivity index (χ0v) is 18.8. The van der Waals surface area contributed by atoms with Crippen LogP contribution in [-0.4, -0.2) is 30.9 Å². The minimum atomic E-state index is -3.61. The van der Waals surface area contributed by atoms with Crippen LogP contribution in [0.15, 0.2) is 53.4 Å². The Morgan fingerprint density at radius 2 is 1.71 bits per heavy atom. The number of rotatable bonds is 4. The summed E-state index contributed by atoms with van der Waals surface area (Å²) >= 11 is 0. The highest BCUT2D eigenvalue weighted by atomic mass is 32.2. The summed E-state index contributed by atoms with van der Waals surface area (Å²) in [6.07, 6.45) is -0.121. The van der Waals surface area contributed by atoms with Gasteiger partial charge in [-0.25, -0.2) is 22.6 Å². The van der Waals surface area contributed by atoms with Gasteiger partial charge >= 0.3 is 6.09 Å². The van der Waals surface area contributed by atoms with Crippen molar-refractivity contribution in [3.63, 3.8) is 0 Å². The van der Waals surface area contributed by atoms with Gasteiger partial charge in [0.15, 0.2) is 9.84 Å². The van der Waals surface area contributed by atoms with Gasteiger partial charge in [0.05, 0.1) is 21.6 Å². The van der Waals surface area contributed by atoms with E-state index in [0.29, 0.717) is 22.0 Å². The van der Waals surface area contributed by atoms with E-state index in [1.807, 2.05) is 20.8 Å². The van der Waals surface area contributed by atoms with E-state index in [2.05, 4.69) is 10.3 Å². The number of benzene rings is 2. The van der Waals surface area contributed by atoms with Crippen molar-refractivity contribution in [3.05, 3.63) is 59.9 Å². The van der Waals surface area contributed by atoms with Crippen molar-refractivity contribution in [1.82, 2.24) is 10.3 Å². The first-order chi connectivity index (χ1) is 14.2. The lowest BCUT2D eigenvalue weighted by Gasteiger charge is -2.43. The van der Waals surface area contributed by atoms with Crippen LogP contribution in [-0.2, 0) is 15.4 Å². The van der Waals surface area contributed by atoms with Gasteiger partial charge in [-0.2, -0.15) is 0 Å². The number of carbonyl (C=O) groups is 1. The van der Waals surface area contributed by atoms with E-state index in [0.717, 1.165) is 6.26 Å². The molecule has 1 unspecified atom stereocenters. The molecular formula is C23H25FN2O4S. The number of carboxylic acid groups (broad SMARTS) is 1. The molecule has 1 heterocycles. The Morgan fingerprint density at radius 3 is 2.29 bits per heavy atom. The molecule has 0 radical (unpaired) electrons. The first-order valence-electron chi connectivity index (χ1n) is 9.65. The molecule has 1 aromatic heterocycles. The first-order valence-corrected chi connectivity index (χ1v) is 11.5. The van der Waals surface area contributed by atoms with E-state index < -0.39 is 32.7 Å². The SMILES string of the molecule is CC(C)(C)C(C)(NC(=O)O)c1cc2ccc(F)cc2nc1-c1ccccc1S(C)(=O)=O. The van der Waals surface area contributed by atoms with E-state index in [-0.39, 0.29) is 10.6 Å². The van der Waals surface area contributed by atoms with Crippen molar-refractivity contribution >= 4 is 26.8 Å². The van der Waals surface area contributed by atoms with Crippen LogP contribution in [0.5, 0.6) is 0 Å². The number of fused-ring (bicyclic) bond motifs is 1. The molecule has 0 aliphatic carbocycles. The quantitative estimate of drug-likeness (QED) is 0.592. The number of amides is 1. The third kappa shape index (κ3) is 4.25. The summed E-state index contributed by atoms with van der Waals surface area (Å²) in [6.45, 7) is 7.37. The fraction of sp³-hybridized carbons (Fsp3) is 0.304. The highest BCUT2D eigenvalue weighted by Gasteiger charge is 2.43. The van der Waals surface area contributed by atoms with Crippen molar-refractivity contribution < 1.29 is 22.7 Å². The molecule has 2 aromatic carbocycles. The minimum absolute atomic E-state index is 0.0612. The van der Waals surface area contributed by atoms with Gasteiger partial charge in [0.2, 0.25) is 0 Å². The van der Waals surface area contributed by atoms with Crippen molar-refractivity contribution in [2.75, 3.05) is 6.26 Å². The predicted molar refractivity (Wildman–Crippen MR) is 118 cm³/mol. The number of aromatic nitrogens is 1. The van der Waals surface area contributed by atoms with Gasteiger partial charge in [0, 0.05) is 28.8 Å². The maximum atomic E-state index is 13.9. The minimum Gasteiger partial charge on any atom is -0.465 e. The molecule has 8 heteroatoms. The molecule has 2 N–H and O–H groups in total. The average Bonchev–Trinajstić information content (AvgIpc) is 2.64. The number of nitrogens with one attached hydrogen (secondary N) is 1. The van der Waals surface area contributed by atoms with E-state index in [9.17, 15) is 22.7 Å². The molecule has 0 spiro atoms. The van der Waals surface area contributed by atoms with Crippen molar-refractivity contribution in [1.29, 1.82) is 0 Å². The molecule has 0 aliphatic rings. The lowest BCUT2D eigenvalue weighted by molar-refractivity contribution is 0.131. The van der Waals surface area contributed by atoms with Crippen LogP contribution in [0.2, 0.25) is 0 Å². The third-order valence-corrected chi connectivity index (χ3v) is 6.87. The molecule has 1 atom stereocenters. The van der Waals surface area contributed by atoms with Crippen LogP contribution < -0.4 is 5.32 Å². The lowest BCUT2D eigenvalue weighted by atomic mass is 9.69. The molecule has 0 saturated heterocycles. The topological polar surface area (TPSA) is 96.4 Å². The summed E-state index contributed by atoms with van der Waals surface area (Å²) in [4.78, 5) is 16.4. The van der Waals surface area contributed by atoms with Gasteiger partial charge in [-0.1, -0.05) is 39.0 Å². The Kier molecular flexibility index (Phi) is 5.56. The zero-order chi connectivity index (χ0) is 23.2. The molecule has 0 aliphatic heterocycles. The fourth-order valence-electron chi connectivity index (χ4n) is 3.59. The Balaban J connectivity index is 2.50. The molecule has 0 fully saturated rings. The predicted octanol–water partition coefficient (Wildman–Crippen LogP) is 4.97. The summed E-state index contributed by atoms with van der Waals surface area (Å²) in [5.41, 5.74) is -0.311. The number of pyridine rings is 1. The van der Waals surface area contributed by atoms with Crippen LogP contribution in [0, 0.1) is 11.2 Å². The van der Waals surface area contributed by atoms with Gasteiger partial charge in [0.1, 0.15) is 5.82 Å². The first kappa shape index (κ1) is 22.7. The second-order valence-electron chi connectivity index (χ2n) is 8.80. The lowest BCUT2D eigenvalue weighted by Crippen LogP contribution is -2.52. The van der Waals surface area contributed by atoms with Gasteiger partial charge in [-0.15, -0.1) is 0 Å². The van der Waals surface area contributed by atoms with Crippen molar-refractivity contribution in [2.45, 2.75) is 38.1 Å². The fourth-order valence-corrected chi connectivity index (χ4v) is 4.47. The normalized spacial score (nSPS) is 14.3. The van der Waals surface area contributed by atoms with E-state index in [1.165, 1.54) is 18.2 Å². The smallest absolute Gasteiger partial charge is 0.405 e. The molecule has 0 saturated carbocycles. The van der Waals surface area contributed by atoms with Crippen LogP contribution in [0.4, 0.5) is 9.18 Å². The summed E-state index contributed by atoms with van der Waals surface area (Å²) in [5.74, 6) is -0.475. The average molecular weight is 445 g/mol. The molecule has 3 rings (SSSR count). The summed E-state index contributed by atoms with van der Waals surface area (Å²) in [7, 11) is -3.61. The van der Waals surface area contributed by atoms with Crippen LogP contribution >= 0.6 is 0 Å². The molecule has 1 amide bonds. The molecule has 164 valence electrons. The second kappa shape index (κ2) is 7.60. The second-order valence-corrected chi connectivity index (χ2v) is 10.8. The third-order valence-electron chi connectivity index (χ3n) is 5.72. The molecule has 3 aromatic rings. The van der Waals surface area contributed by atoms with Crippen LogP contribution in [0.25, 0.3) is 22.2 Å². The van der Waals surface area contributed by atoms with Crippen LogP contribution in [0.3, 0.4) is 0 Å². The highest BCUT2D eigenvalue weighted by Crippen LogP contribution is 2.44. The Labute approximate surface area is 181 Å². The number of hydrogen-bond acceptors (Lipinski definition) is 4. The highest BCUT2D eigenvalue weighted by molar-refractivity contribution is 7.90. The molecule has 0 bridgehead atoms. The Bertz CT molecular complexity index is 1280. The van der Waals surface area contributed by atoms with E-state index in [4.69, 9.17) is 0 Å². The molecule has 31 heavy (non-hydrogen) atoms. The van der Waals surface area contributed by atoms with E-state index >= 15 is 0 Å². The maximum Gasteiger partial charge on any atom is 0.405 e. The standard InChI is InChI=1S/C23H25FN2O4S/c1-22(2,3)23(4,26-21(27)28)17-12-14-10-11-15(24)13-18(14)25-20(17)16-8-6-7-9-19(16)31(5,29)30/h6-13,26H,1-5H3,(H,27,28). The summed E-state index contributed by atoms with van der Waals surface area (Å²) in [5, 5.41) is 12.8. The Morgan fingerprint density at radius 1 is 1.06 bits per heavy atom. The van der Waals surface area contributed by atoms with Crippen molar-refractivity contribution in [3.8, 4) is 11.3 Å². The number of sulfone groups is 1. The number of halogens is 1. The largest absolute Gasteiger partial charge is 0.465 e. The Hall–Kier alpha value is -3.00. The zero-order valence-electron chi connectivity index (χ0n) is 18.0. The summed E-state index contributed by atoms with van der Waals surface area (Å²) in [6, 6.07) is 12.3.